The van der Waals surface area contributed by atoms with E-state index in [1.807, 2.05) is 13.8 Å². The van der Waals surface area contributed by atoms with E-state index in [9.17, 15) is 28.8 Å². The summed E-state index contributed by atoms with van der Waals surface area (Å²) in [6, 6.07) is 8.35. The molecular weight excluding hydrogens is 652 g/mol. The predicted molar refractivity (Wildman–Crippen MR) is 173 cm³/mol. The average molecular weight is 699 g/mol. The molecule has 10 unspecified atom stereocenters. The number of carbonyl (C=O) groups is 6. The third-order valence-corrected chi connectivity index (χ3v) is 11.1. The lowest BCUT2D eigenvalue weighted by molar-refractivity contribution is -0.355. The molecule has 50 heavy (non-hydrogen) atoms. The van der Waals surface area contributed by atoms with Crippen molar-refractivity contribution in [3.8, 4) is 0 Å². The zero-order valence-electron chi connectivity index (χ0n) is 29.9. The Morgan fingerprint density at radius 3 is 1.86 bits per heavy atom. The first-order chi connectivity index (χ1) is 23.3. The average Bonchev–Trinajstić information content (AvgIpc) is 2.99. The Bertz CT molecular complexity index is 1600. The van der Waals surface area contributed by atoms with Gasteiger partial charge in [-0.25, -0.2) is 4.79 Å². The molecule has 2 bridgehead atoms. The second kappa shape index (κ2) is 13.5. The maximum Gasteiger partial charge on any atom is 0.338 e. The van der Waals surface area contributed by atoms with Gasteiger partial charge in [-0.2, -0.15) is 0 Å². The summed E-state index contributed by atoms with van der Waals surface area (Å²) >= 11 is 0. The molecule has 5 rings (SSSR count). The normalized spacial score (nSPS) is 35.3. The number of hydrogen-bond acceptors (Lipinski definition) is 13. The van der Waals surface area contributed by atoms with Crippen LogP contribution in [0.2, 0.25) is 0 Å². The van der Waals surface area contributed by atoms with Gasteiger partial charge in [-0.15, -0.1) is 0 Å². The highest BCUT2D eigenvalue weighted by atomic mass is 16.6. The van der Waals surface area contributed by atoms with Gasteiger partial charge in [-0.3, -0.25) is 24.0 Å². The first-order valence-corrected chi connectivity index (χ1v) is 16.8. The summed E-state index contributed by atoms with van der Waals surface area (Å²) in [6.45, 7) is 13.3. The van der Waals surface area contributed by atoms with E-state index in [4.69, 9.17) is 33.2 Å². The number of fused-ring (bicyclic) bond motifs is 5. The number of esters is 6. The molecule has 3 fully saturated rings. The molecule has 1 aromatic carbocycles. The zero-order chi connectivity index (χ0) is 36.9. The van der Waals surface area contributed by atoms with Crippen LogP contribution in [0.25, 0.3) is 0 Å². The highest BCUT2D eigenvalue weighted by molar-refractivity contribution is 5.89. The Morgan fingerprint density at radius 2 is 1.34 bits per heavy atom. The van der Waals surface area contributed by atoms with Crippen LogP contribution in [0.4, 0.5) is 0 Å². The first kappa shape index (κ1) is 37.0. The smallest absolute Gasteiger partial charge is 0.338 e. The lowest BCUT2D eigenvalue weighted by atomic mass is 9.45. The van der Waals surface area contributed by atoms with Gasteiger partial charge in [0, 0.05) is 47.0 Å². The molecule has 1 aliphatic heterocycles. The van der Waals surface area contributed by atoms with Crippen molar-refractivity contribution in [3.63, 3.8) is 0 Å². The molecule has 13 heteroatoms. The van der Waals surface area contributed by atoms with Crippen molar-refractivity contribution in [2.75, 3.05) is 6.61 Å². The van der Waals surface area contributed by atoms with E-state index < -0.39 is 101 Å². The van der Waals surface area contributed by atoms with Crippen LogP contribution in [0.5, 0.6) is 0 Å². The summed E-state index contributed by atoms with van der Waals surface area (Å²) in [6.07, 6.45) is -6.43. The molecule has 3 aliphatic carbocycles. The quantitative estimate of drug-likeness (QED) is 0.228. The van der Waals surface area contributed by atoms with Crippen molar-refractivity contribution in [2.24, 2.45) is 22.7 Å². The Hall–Kier alpha value is -4.26. The molecule has 2 saturated carbocycles. The molecule has 272 valence electrons. The summed E-state index contributed by atoms with van der Waals surface area (Å²) < 4.78 is 43.1. The first-order valence-electron chi connectivity index (χ1n) is 16.8. The minimum Gasteiger partial charge on any atom is -0.462 e. The molecule has 0 radical (unpaired) electrons. The lowest BCUT2D eigenvalue weighted by Crippen LogP contribution is -2.80. The fraction of sp³-hybridized carbons (Fsp3) is 0.622. The monoisotopic (exact) mass is 698 g/mol. The maximum absolute atomic E-state index is 14.1. The van der Waals surface area contributed by atoms with Crippen LogP contribution in [0.3, 0.4) is 0 Å². The molecule has 0 aromatic heterocycles. The van der Waals surface area contributed by atoms with Crippen molar-refractivity contribution >= 4 is 35.8 Å². The van der Waals surface area contributed by atoms with E-state index >= 15 is 0 Å². The minimum atomic E-state index is -1.55. The maximum atomic E-state index is 14.1. The summed E-state index contributed by atoms with van der Waals surface area (Å²) in [7, 11) is 0. The molecule has 13 nitrogen and oxygen atoms in total. The summed E-state index contributed by atoms with van der Waals surface area (Å²) in [5, 5.41) is 0. The van der Waals surface area contributed by atoms with E-state index in [1.165, 1.54) is 34.6 Å². The Morgan fingerprint density at radius 1 is 0.740 bits per heavy atom. The SMILES string of the molecule is CC(=O)OC1CC2C(OC(=O)c3ccccc3)C3C4(OC(C)=O)COC4CC(OC(C)=O)C3(C)C(OC(C)=O)C(OC(C)=O)C(=C1C)C2(C)C. The van der Waals surface area contributed by atoms with Gasteiger partial charge < -0.3 is 33.2 Å². The Kier molecular flexibility index (Phi) is 9.96. The highest BCUT2D eigenvalue weighted by Gasteiger charge is 2.77. The van der Waals surface area contributed by atoms with Gasteiger partial charge >= 0.3 is 35.8 Å². The summed E-state index contributed by atoms with van der Waals surface area (Å²) in [4.78, 5) is 78.5. The molecule has 1 heterocycles. The zero-order valence-corrected chi connectivity index (χ0v) is 29.9. The van der Waals surface area contributed by atoms with Crippen molar-refractivity contribution < 1.29 is 61.9 Å². The third-order valence-electron chi connectivity index (χ3n) is 11.1. The van der Waals surface area contributed by atoms with Gasteiger partial charge in [0.2, 0.25) is 0 Å². The van der Waals surface area contributed by atoms with E-state index in [2.05, 4.69) is 0 Å². The van der Waals surface area contributed by atoms with Crippen molar-refractivity contribution in [1.29, 1.82) is 0 Å². The lowest BCUT2D eigenvalue weighted by Gasteiger charge is -2.68. The Balaban J connectivity index is 1.91. The van der Waals surface area contributed by atoms with Crippen molar-refractivity contribution in [3.05, 3.63) is 47.0 Å². The number of carbonyl (C=O) groups excluding carboxylic acids is 6. The largest absolute Gasteiger partial charge is 0.462 e. The van der Waals surface area contributed by atoms with Crippen LogP contribution >= 0.6 is 0 Å². The van der Waals surface area contributed by atoms with Crippen LogP contribution in [-0.4, -0.2) is 84.6 Å². The van der Waals surface area contributed by atoms with Crippen LogP contribution in [-0.2, 0) is 57.1 Å². The highest BCUT2D eigenvalue weighted by Crippen LogP contribution is 2.65. The van der Waals surface area contributed by atoms with Crippen LogP contribution in [0, 0.1) is 22.7 Å². The second-order valence-electron chi connectivity index (χ2n) is 14.6. The minimum absolute atomic E-state index is 0.0198. The third kappa shape index (κ3) is 6.29. The van der Waals surface area contributed by atoms with Crippen LogP contribution in [0.1, 0.15) is 85.5 Å². The fourth-order valence-corrected chi connectivity index (χ4v) is 9.24. The molecule has 4 aliphatic rings. The molecule has 0 spiro atoms. The molecule has 10 atom stereocenters. The standard InChI is InChI=1S/C37H46O13/c1-18-26(45-19(2)38)15-25-30(49-34(43)24-13-11-10-12-14-24)32-36(9,27(46-20(3)39)16-28-37(32,17-44-28)50-23(6)42)33(48-22(5)41)31(47-21(4)40)29(18)35(25,7)8/h10-14,25-28,30-33H,15-17H2,1-9H3. The van der Waals surface area contributed by atoms with E-state index in [-0.39, 0.29) is 25.0 Å². The van der Waals surface area contributed by atoms with Gasteiger partial charge in [0.25, 0.3) is 0 Å². The van der Waals surface area contributed by atoms with E-state index in [0.29, 0.717) is 11.1 Å². The number of hydrogen-bond donors (Lipinski definition) is 0. The Labute approximate surface area is 291 Å². The van der Waals surface area contributed by atoms with Gasteiger partial charge in [0.15, 0.2) is 17.8 Å². The molecule has 0 amide bonds. The predicted octanol–water partition coefficient (Wildman–Crippen LogP) is 4.04. The molecule has 1 aromatic rings. The second-order valence-corrected chi connectivity index (χ2v) is 14.6. The van der Waals surface area contributed by atoms with E-state index in [0.717, 1.165) is 0 Å². The molecular formula is C37H46O13. The van der Waals surface area contributed by atoms with Gasteiger partial charge in [0.1, 0.15) is 24.4 Å². The van der Waals surface area contributed by atoms with Crippen molar-refractivity contribution in [2.45, 2.75) is 117 Å². The van der Waals surface area contributed by atoms with Crippen LogP contribution in [0.15, 0.2) is 41.5 Å². The summed E-state index contributed by atoms with van der Waals surface area (Å²) in [5.41, 5.74) is -2.70. The summed E-state index contributed by atoms with van der Waals surface area (Å²) in [5.74, 6) is -5.75. The van der Waals surface area contributed by atoms with Gasteiger partial charge in [-0.05, 0) is 42.0 Å². The fourth-order valence-electron chi connectivity index (χ4n) is 9.24. The molecule has 1 saturated heterocycles. The number of ether oxygens (including phenoxy) is 7. The van der Waals surface area contributed by atoms with Crippen LogP contribution < -0.4 is 0 Å². The van der Waals surface area contributed by atoms with Gasteiger partial charge in [-0.1, -0.05) is 39.0 Å². The van der Waals surface area contributed by atoms with Gasteiger partial charge in [0.05, 0.1) is 23.5 Å². The van der Waals surface area contributed by atoms with Crippen molar-refractivity contribution in [1.82, 2.24) is 0 Å². The number of benzene rings is 1. The van der Waals surface area contributed by atoms with E-state index in [1.54, 1.807) is 44.2 Å². The topological polar surface area (TPSA) is 167 Å². The molecule has 0 N–H and O–H groups in total. The number of rotatable bonds is 7.